The number of amides is 4. The molecule has 0 heterocycles. The third kappa shape index (κ3) is 4.51. The molecule has 0 bridgehead atoms. The molecule has 7 nitrogen and oxygen atoms in total. The molecule has 9 heavy (non-hydrogen) atoms. The van der Waals surface area contributed by atoms with Crippen molar-refractivity contribution in [1.29, 1.82) is 0 Å². The molecule has 0 fully saturated rings. The number of primary amides is 2. The normalized spacial score (nSPS) is 8.11. The van der Waals surface area contributed by atoms with Gasteiger partial charge in [0.1, 0.15) is 0 Å². The first-order valence-corrected chi connectivity index (χ1v) is 1.97. The average molecular weight is 134 g/mol. The van der Waals surface area contributed by atoms with E-state index in [9.17, 15) is 14.8 Å². The number of carbonyl (C=O) groups is 2. The Morgan fingerprint density at radius 1 is 1.44 bits per heavy atom. The first kappa shape index (κ1) is 7.66. The molecule has 7 heteroatoms. The second-order valence-electron chi connectivity index (χ2n) is 1.10. The van der Waals surface area contributed by atoms with Gasteiger partial charge in [-0.05, 0) is 0 Å². The molecule has 0 radical (unpaired) electrons. The van der Waals surface area contributed by atoms with Crippen LogP contribution < -0.4 is 22.1 Å². The number of hydrazine groups is 1. The van der Waals surface area contributed by atoms with Crippen molar-refractivity contribution in [2.24, 2.45) is 5.73 Å². The number of hydrogen-bond donors (Lipinski definition) is 4. The predicted molar refractivity (Wildman–Crippen MR) is 26.5 cm³/mol. The number of nitrogens with two attached hydrogens (primary N) is 2. The second kappa shape index (κ2) is 3.64. The van der Waals surface area contributed by atoms with E-state index in [0.717, 1.165) is 0 Å². The smallest absolute Gasteiger partial charge is 0.431 e. The zero-order chi connectivity index (χ0) is 7.28. The van der Waals surface area contributed by atoms with Gasteiger partial charge < -0.3 is 10.9 Å². The highest BCUT2D eigenvalue weighted by atomic mass is 16.5. The Kier molecular flexibility index (Phi) is 3.09. The highest BCUT2D eigenvalue weighted by Gasteiger charge is 1.96. The van der Waals surface area contributed by atoms with Crippen LogP contribution in [-0.4, -0.2) is 12.1 Å². The minimum absolute atomic E-state index is 0.00986. The maximum absolute atomic E-state index is 9.97. The Balaban J connectivity index is 3.28. The lowest BCUT2D eigenvalue weighted by atomic mass is 11.0. The Labute approximate surface area is 50.1 Å². The van der Waals surface area contributed by atoms with Gasteiger partial charge in [-0.25, -0.2) is 20.4 Å². The largest absolute Gasteiger partial charge is 0.627 e. The van der Waals surface area contributed by atoms with Crippen molar-refractivity contribution in [3.8, 4) is 0 Å². The number of nitrogens with one attached hydrogen (secondary N) is 2. The zero-order valence-electron chi connectivity index (χ0n) is 4.38. The van der Waals surface area contributed by atoms with Gasteiger partial charge in [-0.1, -0.05) is 0 Å². The fourth-order valence-electron chi connectivity index (χ4n) is 0.153. The lowest BCUT2D eigenvalue weighted by Crippen LogP contribution is -2.86. The van der Waals surface area contributed by atoms with Crippen LogP contribution in [0.15, 0.2) is 0 Å². The molecule has 6 N–H and O–H groups in total. The summed E-state index contributed by atoms with van der Waals surface area (Å²) in [5.41, 5.74) is 7.93. The van der Waals surface area contributed by atoms with Crippen molar-refractivity contribution in [3.05, 3.63) is 5.21 Å². The highest BCUT2D eigenvalue weighted by Crippen LogP contribution is 1.47. The van der Waals surface area contributed by atoms with Gasteiger partial charge in [-0.2, -0.15) is 0 Å². The van der Waals surface area contributed by atoms with E-state index in [-0.39, 0.29) is 5.48 Å². The minimum Gasteiger partial charge on any atom is -0.627 e. The van der Waals surface area contributed by atoms with Gasteiger partial charge >= 0.3 is 12.1 Å². The summed E-state index contributed by atoms with van der Waals surface area (Å²) in [4.78, 5) is 19.8. The highest BCUT2D eigenvalue weighted by molar-refractivity contribution is 5.74. The van der Waals surface area contributed by atoms with E-state index >= 15 is 0 Å². The molecular formula is C2H6N4O3. The van der Waals surface area contributed by atoms with Gasteiger partial charge in [-0.15, -0.1) is 0 Å². The summed E-state index contributed by atoms with van der Waals surface area (Å²) in [5.74, 6) is 0. The molecule has 0 rings (SSSR count). The van der Waals surface area contributed by atoms with Gasteiger partial charge in [0.25, 0.3) is 0 Å². The van der Waals surface area contributed by atoms with E-state index in [1.165, 1.54) is 0 Å². The molecule has 0 saturated carbocycles. The van der Waals surface area contributed by atoms with Crippen LogP contribution in [0.5, 0.6) is 0 Å². The number of carbonyl (C=O) groups excluding carboxylic acids is 2. The summed E-state index contributed by atoms with van der Waals surface area (Å²) < 4.78 is 0. The van der Waals surface area contributed by atoms with E-state index in [4.69, 9.17) is 0 Å². The number of rotatable bonds is 0. The van der Waals surface area contributed by atoms with Crippen molar-refractivity contribution in [2.75, 3.05) is 0 Å². The van der Waals surface area contributed by atoms with Crippen molar-refractivity contribution in [2.45, 2.75) is 0 Å². The maximum atomic E-state index is 9.97. The molecule has 4 amide bonds. The van der Waals surface area contributed by atoms with Crippen LogP contribution in [0.1, 0.15) is 0 Å². The Morgan fingerprint density at radius 3 is 2.33 bits per heavy atom. The molecule has 0 spiro atoms. The lowest BCUT2D eigenvalue weighted by molar-refractivity contribution is -0.483. The van der Waals surface area contributed by atoms with Crippen LogP contribution >= 0.6 is 0 Å². The molecular weight excluding hydrogens is 128 g/mol. The summed E-state index contributed by atoms with van der Waals surface area (Å²) in [6, 6.07) is -1.88. The standard InChI is InChI=1S/C2H6N4O3/c3-1(7)4-5-2(8)6-9/h6H2,(H,5,8)(H3,3,4,7). The number of hydroxylamine groups is 1. The Bertz CT molecular complexity index is 123. The topological polar surface area (TPSA) is 124 Å². The summed E-state index contributed by atoms with van der Waals surface area (Å²) in [7, 11) is 0. The number of urea groups is 2. The minimum atomic E-state index is -0.950. The fourth-order valence-corrected chi connectivity index (χ4v) is 0.153. The Morgan fingerprint density at radius 2 is 2.00 bits per heavy atom. The summed E-state index contributed by atoms with van der Waals surface area (Å²) in [6.07, 6.45) is 0. The molecule has 0 aliphatic rings. The monoisotopic (exact) mass is 134 g/mol. The second-order valence-corrected chi connectivity index (χ2v) is 1.10. The van der Waals surface area contributed by atoms with E-state index in [1.54, 1.807) is 10.9 Å². The first-order chi connectivity index (χ1) is 4.16. The van der Waals surface area contributed by atoms with E-state index in [1.807, 2.05) is 0 Å². The average Bonchev–Trinajstić information content (AvgIpc) is 1.83. The van der Waals surface area contributed by atoms with Gasteiger partial charge in [0.15, 0.2) is 0 Å². The van der Waals surface area contributed by atoms with Crippen LogP contribution in [0, 0.1) is 5.21 Å². The summed E-state index contributed by atoms with van der Waals surface area (Å²) in [6.45, 7) is 0. The molecule has 0 aliphatic carbocycles. The van der Waals surface area contributed by atoms with Crippen molar-refractivity contribution >= 4 is 12.1 Å². The molecule has 0 atom stereocenters. The van der Waals surface area contributed by atoms with Gasteiger partial charge in [0, 0.05) is 0 Å². The van der Waals surface area contributed by atoms with E-state index in [2.05, 4.69) is 5.73 Å². The summed E-state index contributed by atoms with van der Waals surface area (Å²) in [5, 5.41) is 9.51. The van der Waals surface area contributed by atoms with Crippen LogP contribution in [0.2, 0.25) is 0 Å². The van der Waals surface area contributed by atoms with Crippen LogP contribution in [0.4, 0.5) is 9.59 Å². The fraction of sp³-hybridized carbons (Fsp3) is 0. The Hall–Kier alpha value is -1.34. The number of quaternary nitrogens is 1. The molecule has 0 unspecified atom stereocenters. The number of hydrogen-bond acceptors (Lipinski definition) is 3. The lowest BCUT2D eigenvalue weighted by Gasteiger charge is -2.01. The van der Waals surface area contributed by atoms with Gasteiger partial charge in [-0.3, -0.25) is 5.48 Å². The zero-order valence-corrected chi connectivity index (χ0v) is 4.38. The SMILES string of the molecule is NC(=O)NNC(=O)[NH2+][O-]. The van der Waals surface area contributed by atoms with Gasteiger partial charge in [0.2, 0.25) is 0 Å². The van der Waals surface area contributed by atoms with Crippen molar-refractivity contribution in [1.82, 2.24) is 10.9 Å². The first-order valence-electron chi connectivity index (χ1n) is 1.97. The van der Waals surface area contributed by atoms with Crippen LogP contribution in [0.3, 0.4) is 0 Å². The van der Waals surface area contributed by atoms with Crippen molar-refractivity contribution < 1.29 is 15.1 Å². The molecule has 0 saturated heterocycles. The van der Waals surface area contributed by atoms with E-state index in [0.29, 0.717) is 0 Å². The summed E-state index contributed by atoms with van der Waals surface area (Å²) >= 11 is 0. The molecule has 0 aliphatic heterocycles. The third-order valence-corrected chi connectivity index (χ3v) is 0.416. The van der Waals surface area contributed by atoms with Gasteiger partial charge in [0.05, 0.1) is 0 Å². The molecule has 0 aromatic carbocycles. The van der Waals surface area contributed by atoms with Crippen molar-refractivity contribution in [3.63, 3.8) is 0 Å². The molecule has 0 aromatic rings. The molecule has 0 aromatic heterocycles. The van der Waals surface area contributed by atoms with Crippen LogP contribution in [0.25, 0.3) is 0 Å². The van der Waals surface area contributed by atoms with Crippen LogP contribution in [-0.2, 0) is 0 Å². The third-order valence-electron chi connectivity index (χ3n) is 0.416. The maximum Gasteiger partial charge on any atom is 0.431 e. The molecule has 52 valence electrons. The van der Waals surface area contributed by atoms with E-state index < -0.39 is 12.1 Å². The predicted octanol–water partition coefficient (Wildman–Crippen LogP) is -2.66. The quantitative estimate of drug-likeness (QED) is 0.270.